The predicted octanol–water partition coefficient (Wildman–Crippen LogP) is 3.30. The molecule has 1 aromatic carbocycles. The second-order valence-electron chi connectivity index (χ2n) is 6.44. The number of halogens is 1. The van der Waals surface area contributed by atoms with Crippen LogP contribution in [0.15, 0.2) is 28.9 Å². The molecule has 22 heavy (non-hydrogen) atoms. The van der Waals surface area contributed by atoms with Crippen LogP contribution >= 0.6 is 11.6 Å². The molecule has 1 unspecified atom stereocenters. The van der Waals surface area contributed by atoms with Gasteiger partial charge in [0.1, 0.15) is 11.8 Å². The van der Waals surface area contributed by atoms with Crippen LogP contribution in [-0.2, 0) is 0 Å². The van der Waals surface area contributed by atoms with Crippen LogP contribution in [0.1, 0.15) is 29.6 Å². The van der Waals surface area contributed by atoms with Gasteiger partial charge in [0.25, 0.3) is 5.91 Å². The van der Waals surface area contributed by atoms with Crippen LogP contribution in [0.4, 0.5) is 0 Å². The molecule has 1 atom stereocenters. The zero-order valence-electron chi connectivity index (χ0n) is 12.3. The van der Waals surface area contributed by atoms with Crippen molar-refractivity contribution in [2.75, 3.05) is 19.6 Å². The smallest absolute Gasteiger partial charge is 0.251 e. The molecule has 0 aliphatic carbocycles. The molecule has 4 nitrogen and oxygen atoms in total. The van der Waals surface area contributed by atoms with Crippen molar-refractivity contribution in [2.45, 2.75) is 25.3 Å². The largest absolute Gasteiger partial charge is 0.463 e. The van der Waals surface area contributed by atoms with Crippen molar-refractivity contribution in [3.8, 4) is 0 Å². The molecule has 0 spiro atoms. The first-order valence-corrected chi connectivity index (χ1v) is 8.27. The predicted molar refractivity (Wildman–Crippen MR) is 86.3 cm³/mol. The number of hydrogen-bond acceptors (Lipinski definition) is 3. The molecule has 4 heterocycles. The Balaban J connectivity index is 1.50. The number of hydrogen-bond donors (Lipinski definition) is 1. The van der Waals surface area contributed by atoms with Crippen LogP contribution < -0.4 is 5.32 Å². The number of benzene rings is 1. The first-order chi connectivity index (χ1) is 10.7. The van der Waals surface area contributed by atoms with Crippen LogP contribution in [0, 0.1) is 5.92 Å². The maximum atomic E-state index is 12.5. The van der Waals surface area contributed by atoms with Gasteiger partial charge in [-0.05, 0) is 56.5 Å². The summed E-state index contributed by atoms with van der Waals surface area (Å²) in [6.07, 6.45) is 5.13. The molecular weight excluding hydrogens is 300 g/mol. The SMILES string of the molecule is O=C(NC1CC2CCN(CC2)C1)c1ccc2c(Cl)coc2c1. The zero-order valence-corrected chi connectivity index (χ0v) is 13.1. The highest BCUT2D eigenvalue weighted by Crippen LogP contribution is 2.28. The molecule has 0 radical (unpaired) electrons. The van der Waals surface area contributed by atoms with E-state index in [2.05, 4.69) is 10.2 Å². The maximum Gasteiger partial charge on any atom is 0.251 e. The molecule has 3 aliphatic heterocycles. The van der Waals surface area contributed by atoms with Gasteiger partial charge in [-0.3, -0.25) is 4.79 Å². The number of piperidine rings is 1. The normalized spacial score (nSPS) is 27.8. The Hall–Kier alpha value is -1.52. The highest BCUT2D eigenvalue weighted by atomic mass is 35.5. The average molecular weight is 319 g/mol. The summed E-state index contributed by atoms with van der Waals surface area (Å²) >= 11 is 6.02. The molecule has 5 heteroatoms. The minimum absolute atomic E-state index is 0.0260. The van der Waals surface area contributed by atoms with Gasteiger partial charge in [-0.1, -0.05) is 11.6 Å². The maximum absolute atomic E-state index is 12.5. The van der Waals surface area contributed by atoms with E-state index < -0.39 is 0 Å². The summed E-state index contributed by atoms with van der Waals surface area (Å²) in [4.78, 5) is 15.0. The van der Waals surface area contributed by atoms with Gasteiger partial charge in [0.05, 0.1) is 5.02 Å². The number of nitrogens with zero attached hydrogens (tertiary/aromatic N) is 1. The van der Waals surface area contributed by atoms with Crippen LogP contribution in [0.5, 0.6) is 0 Å². The van der Waals surface area contributed by atoms with Crippen LogP contribution in [0.3, 0.4) is 0 Å². The Morgan fingerprint density at radius 2 is 2.14 bits per heavy atom. The summed E-state index contributed by atoms with van der Waals surface area (Å²) in [5.41, 5.74) is 1.28. The van der Waals surface area contributed by atoms with E-state index in [1.807, 2.05) is 12.1 Å². The van der Waals surface area contributed by atoms with Gasteiger partial charge in [0, 0.05) is 23.5 Å². The molecule has 3 fully saturated rings. The van der Waals surface area contributed by atoms with Crippen molar-refractivity contribution >= 4 is 28.5 Å². The summed E-state index contributed by atoms with van der Waals surface area (Å²) < 4.78 is 5.37. The summed E-state index contributed by atoms with van der Waals surface area (Å²) in [6, 6.07) is 5.67. The standard InChI is InChI=1S/C17H19ClN2O2/c18-15-10-22-16-8-12(1-2-14(15)16)17(21)19-13-7-11-3-5-20(9-13)6-4-11/h1-2,8,10-11,13H,3-7,9H2,(H,19,21). The van der Waals surface area contributed by atoms with E-state index in [0.717, 1.165) is 24.3 Å². The number of amides is 1. The number of nitrogens with one attached hydrogen (secondary N) is 1. The molecule has 0 saturated carbocycles. The van der Waals surface area contributed by atoms with E-state index in [4.69, 9.17) is 16.0 Å². The van der Waals surface area contributed by atoms with Crippen molar-refractivity contribution in [3.05, 3.63) is 35.0 Å². The lowest BCUT2D eigenvalue weighted by Crippen LogP contribution is -2.41. The lowest BCUT2D eigenvalue weighted by molar-refractivity contribution is 0.0929. The van der Waals surface area contributed by atoms with E-state index in [1.54, 1.807) is 6.07 Å². The molecule has 5 rings (SSSR count). The fraction of sp³-hybridized carbons (Fsp3) is 0.471. The first-order valence-electron chi connectivity index (χ1n) is 7.89. The van der Waals surface area contributed by atoms with E-state index in [0.29, 0.717) is 16.2 Å². The first kappa shape index (κ1) is 14.1. The lowest BCUT2D eigenvalue weighted by Gasteiger charge is -2.26. The third-order valence-electron chi connectivity index (χ3n) is 4.93. The molecule has 3 saturated heterocycles. The molecule has 1 aromatic heterocycles. The highest BCUT2D eigenvalue weighted by molar-refractivity contribution is 6.35. The average Bonchev–Trinajstić information content (AvgIpc) is 2.70. The van der Waals surface area contributed by atoms with E-state index in [1.165, 1.54) is 32.2 Å². The van der Waals surface area contributed by atoms with Gasteiger partial charge in [-0.2, -0.15) is 0 Å². The second kappa shape index (κ2) is 5.60. The van der Waals surface area contributed by atoms with Crippen LogP contribution in [0.25, 0.3) is 11.0 Å². The van der Waals surface area contributed by atoms with Gasteiger partial charge in [-0.25, -0.2) is 0 Å². The summed E-state index contributed by atoms with van der Waals surface area (Å²) in [7, 11) is 0. The van der Waals surface area contributed by atoms with Gasteiger partial charge < -0.3 is 14.6 Å². The highest BCUT2D eigenvalue weighted by Gasteiger charge is 2.29. The fourth-order valence-corrected chi connectivity index (χ4v) is 3.90. The van der Waals surface area contributed by atoms with Gasteiger partial charge in [0.2, 0.25) is 0 Å². The molecule has 2 aromatic rings. The second-order valence-corrected chi connectivity index (χ2v) is 6.85. The topological polar surface area (TPSA) is 45.5 Å². The third-order valence-corrected chi connectivity index (χ3v) is 5.22. The van der Waals surface area contributed by atoms with Crippen molar-refractivity contribution in [3.63, 3.8) is 0 Å². The molecule has 2 bridgehead atoms. The van der Waals surface area contributed by atoms with Crippen LogP contribution in [0.2, 0.25) is 5.02 Å². The molecule has 116 valence electrons. The number of carbonyl (C=O) groups is 1. The van der Waals surface area contributed by atoms with Gasteiger partial charge >= 0.3 is 0 Å². The Kier molecular flexibility index (Phi) is 3.59. The Labute approximate surface area is 134 Å². The van der Waals surface area contributed by atoms with E-state index in [-0.39, 0.29) is 11.9 Å². The zero-order chi connectivity index (χ0) is 15.1. The minimum atomic E-state index is -0.0260. The molecular formula is C17H19ClN2O2. The number of furan rings is 1. The van der Waals surface area contributed by atoms with Crippen molar-refractivity contribution < 1.29 is 9.21 Å². The van der Waals surface area contributed by atoms with Crippen molar-refractivity contribution in [1.29, 1.82) is 0 Å². The minimum Gasteiger partial charge on any atom is -0.463 e. The fourth-order valence-electron chi connectivity index (χ4n) is 3.70. The number of fused-ring (bicyclic) bond motifs is 5. The Morgan fingerprint density at radius 3 is 2.95 bits per heavy atom. The van der Waals surface area contributed by atoms with Gasteiger partial charge in [-0.15, -0.1) is 0 Å². The summed E-state index contributed by atoms with van der Waals surface area (Å²) in [5.74, 6) is 0.734. The van der Waals surface area contributed by atoms with Crippen LogP contribution in [-0.4, -0.2) is 36.5 Å². The summed E-state index contributed by atoms with van der Waals surface area (Å²) in [6.45, 7) is 3.32. The van der Waals surface area contributed by atoms with Crippen molar-refractivity contribution in [1.82, 2.24) is 10.2 Å². The lowest BCUT2D eigenvalue weighted by atomic mass is 9.94. The quantitative estimate of drug-likeness (QED) is 0.924. The van der Waals surface area contributed by atoms with Gasteiger partial charge in [0.15, 0.2) is 0 Å². The monoisotopic (exact) mass is 318 g/mol. The molecule has 1 N–H and O–H groups in total. The molecule has 3 aliphatic rings. The number of rotatable bonds is 2. The number of carbonyl (C=O) groups excluding carboxylic acids is 1. The Morgan fingerprint density at radius 1 is 1.32 bits per heavy atom. The third kappa shape index (κ3) is 2.61. The Bertz CT molecular complexity index is 690. The summed E-state index contributed by atoms with van der Waals surface area (Å²) in [5, 5.41) is 4.62. The van der Waals surface area contributed by atoms with Crippen molar-refractivity contribution in [2.24, 2.45) is 5.92 Å². The van der Waals surface area contributed by atoms with E-state index >= 15 is 0 Å². The van der Waals surface area contributed by atoms with E-state index in [9.17, 15) is 4.79 Å². The molecule has 1 amide bonds.